The van der Waals surface area contributed by atoms with Gasteiger partial charge in [-0.2, -0.15) is 0 Å². The molecule has 0 amide bonds. The van der Waals surface area contributed by atoms with Gasteiger partial charge in [-0.25, -0.2) is 0 Å². The van der Waals surface area contributed by atoms with E-state index >= 15 is 0 Å². The van der Waals surface area contributed by atoms with E-state index in [0.29, 0.717) is 0 Å². The second-order valence-corrected chi connectivity index (χ2v) is 25.2. The number of benzene rings is 13. The highest BCUT2D eigenvalue weighted by atomic mass is 32.2. The highest BCUT2D eigenvalue weighted by Crippen LogP contribution is 2.54. The third kappa shape index (κ3) is 7.90. The van der Waals surface area contributed by atoms with Crippen molar-refractivity contribution in [2.45, 2.75) is 19.6 Å². The van der Waals surface area contributed by atoms with Gasteiger partial charge in [0.25, 0.3) is 0 Å². The number of para-hydroxylation sites is 5. The lowest BCUT2D eigenvalue weighted by Crippen LogP contribution is -2.15. The van der Waals surface area contributed by atoms with Gasteiger partial charge in [-0.05, 0) is 196 Å². The summed E-state index contributed by atoms with van der Waals surface area (Å²) in [6.45, 7) is 0. The van der Waals surface area contributed by atoms with Crippen LogP contribution in [0, 0.1) is 0 Å². The van der Waals surface area contributed by atoms with E-state index in [2.05, 4.69) is 323 Å². The Kier molecular flexibility index (Phi) is 11.2. The maximum Gasteiger partial charge on any atom is 0.0602 e. The molecule has 410 valence electrons. The zero-order valence-electron chi connectivity index (χ0n) is 47.7. The number of aryl methyl sites for hydroxylation is 1. The molecule has 0 saturated heterocycles. The molecule has 0 unspecified atom stereocenters. The van der Waals surface area contributed by atoms with Crippen LogP contribution in [0.4, 0.5) is 28.4 Å². The van der Waals surface area contributed by atoms with E-state index < -0.39 is 0 Å². The van der Waals surface area contributed by atoms with Crippen molar-refractivity contribution in [2.75, 3.05) is 16.8 Å². The first-order valence-electron chi connectivity index (χ1n) is 29.7. The Morgan fingerprint density at radius 2 is 0.586 bits per heavy atom. The number of aromatic nitrogens is 3. The van der Waals surface area contributed by atoms with Crippen molar-refractivity contribution in [1.29, 1.82) is 0 Å². The van der Waals surface area contributed by atoms with Crippen LogP contribution in [-0.2, 0) is 7.05 Å². The van der Waals surface area contributed by atoms with E-state index in [0.717, 1.165) is 16.9 Å². The topological polar surface area (TPSA) is 21.3 Å². The SMILES string of the molecule is CN1c2ccccc2Sc2cc(-c3ccc4c(c3)Sc3ccccc3N4c3cccc(-c4ccc5c(c4)c4cc(-c6ccc7c(c6)c6cc(-c8ccc9c(c8)c8ccccc8n9-c8ccccc8)ccc6n7C)ccc4n5-c4ccccc4)c3)ccc21. The Balaban J connectivity index is 0.720. The van der Waals surface area contributed by atoms with Crippen molar-refractivity contribution in [2.24, 2.45) is 7.05 Å². The smallest absolute Gasteiger partial charge is 0.0602 e. The quantitative estimate of drug-likeness (QED) is 0.158. The van der Waals surface area contributed by atoms with Gasteiger partial charge in [0.1, 0.15) is 0 Å². The molecule has 5 heterocycles. The van der Waals surface area contributed by atoms with Gasteiger partial charge < -0.3 is 23.5 Å². The summed E-state index contributed by atoms with van der Waals surface area (Å²) < 4.78 is 7.15. The van der Waals surface area contributed by atoms with E-state index in [9.17, 15) is 0 Å². The van der Waals surface area contributed by atoms with Gasteiger partial charge in [0.2, 0.25) is 0 Å². The van der Waals surface area contributed by atoms with Gasteiger partial charge >= 0.3 is 0 Å². The van der Waals surface area contributed by atoms with Crippen molar-refractivity contribution in [3.63, 3.8) is 0 Å². The molecule has 3 aromatic heterocycles. The second-order valence-electron chi connectivity index (χ2n) is 23.0. The molecule has 0 aliphatic carbocycles. The molecule has 0 spiro atoms. The average molecular weight is 1150 g/mol. The second kappa shape index (κ2) is 19.6. The summed E-state index contributed by atoms with van der Waals surface area (Å²) in [7, 11) is 4.36. The molecule has 2 aliphatic heterocycles. The minimum absolute atomic E-state index is 1.12. The molecule has 0 bridgehead atoms. The summed E-state index contributed by atoms with van der Waals surface area (Å²) in [4.78, 5) is 9.79. The Bertz CT molecular complexity index is 5520. The molecule has 0 saturated carbocycles. The Hall–Kier alpha value is -10.4. The molecule has 18 rings (SSSR count). The van der Waals surface area contributed by atoms with Crippen LogP contribution < -0.4 is 9.80 Å². The first kappa shape index (κ1) is 49.9. The molecule has 0 atom stereocenters. The first-order valence-corrected chi connectivity index (χ1v) is 31.3. The average Bonchev–Trinajstić information content (AvgIpc) is 2.47. The molecule has 0 radical (unpaired) electrons. The summed E-state index contributed by atoms with van der Waals surface area (Å²) in [5, 5.41) is 7.43. The van der Waals surface area contributed by atoms with Gasteiger partial charge in [0.05, 0.1) is 44.8 Å². The van der Waals surface area contributed by atoms with Crippen molar-refractivity contribution in [3.05, 3.63) is 285 Å². The minimum Gasteiger partial charge on any atom is -0.344 e. The zero-order valence-corrected chi connectivity index (χ0v) is 49.3. The standard InChI is InChI=1S/C80H53N5S2/c1-81-67-35-28-52(54-31-37-70-62(43-54)61-22-9-10-23-69(61)83(70)58-17-5-3-6-18-58)44-63(67)64-45-53(29-36-68(64)81)55-32-39-72-66(47-55)65-46-51(30-38-71(65)84(72)59-19-7-4-8-20-59)50-16-15-21-60(42-50)85-75-25-12-14-27-78(75)87-80-49-57(34-41-76(80)85)56-33-40-74-79(48-56)86-77-26-13-11-24-73(77)82(74)2/h3-49H,1-2H3. The van der Waals surface area contributed by atoms with E-state index in [1.165, 1.54) is 152 Å². The molecule has 0 N–H and O–H groups in total. The maximum atomic E-state index is 2.45. The highest BCUT2D eigenvalue weighted by molar-refractivity contribution is 8.00. The lowest BCUT2D eigenvalue weighted by molar-refractivity contribution is 1.01. The van der Waals surface area contributed by atoms with Gasteiger partial charge in [-0.15, -0.1) is 0 Å². The molecule has 87 heavy (non-hydrogen) atoms. The number of anilines is 5. The lowest BCUT2D eigenvalue weighted by Gasteiger charge is -2.33. The van der Waals surface area contributed by atoms with Crippen LogP contribution in [0.3, 0.4) is 0 Å². The van der Waals surface area contributed by atoms with Crippen LogP contribution in [0.5, 0.6) is 0 Å². The summed E-state index contributed by atoms with van der Waals surface area (Å²) >= 11 is 3.71. The fourth-order valence-corrected chi connectivity index (χ4v) is 16.3. The lowest BCUT2D eigenvalue weighted by atomic mass is 9.98. The molecule has 0 fully saturated rings. The molecular formula is C80H53N5S2. The fraction of sp³-hybridized carbons (Fsp3) is 0.0250. The molecule has 2 aliphatic rings. The van der Waals surface area contributed by atoms with Crippen LogP contribution in [0.15, 0.2) is 305 Å². The Morgan fingerprint density at radius 3 is 1.15 bits per heavy atom. The predicted octanol–water partition coefficient (Wildman–Crippen LogP) is 22.4. The largest absolute Gasteiger partial charge is 0.344 e. The zero-order chi connectivity index (χ0) is 57.4. The minimum atomic E-state index is 1.12. The van der Waals surface area contributed by atoms with Crippen LogP contribution in [0.25, 0.3) is 121 Å². The summed E-state index contributed by atoms with van der Waals surface area (Å²) in [6.07, 6.45) is 0. The maximum absolute atomic E-state index is 2.45. The van der Waals surface area contributed by atoms with Gasteiger partial charge in [0, 0.05) is 94.1 Å². The van der Waals surface area contributed by atoms with Crippen LogP contribution >= 0.6 is 23.5 Å². The van der Waals surface area contributed by atoms with Crippen LogP contribution in [0.1, 0.15) is 0 Å². The van der Waals surface area contributed by atoms with Crippen LogP contribution in [-0.4, -0.2) is 20.7 Å². The molecular weight excluding hydrogens is 1100 g/mol. The number of hydrogen-bond acceptors (Lipinski definition) is 4. The van der Waals surface area contributed by atoms with E-state index in [-0.39, 0.29) is 0 Å². The normalized spacial score (nSPS) is 12.8. The van der Waals surface area contributed by atoms with Gasteiger partial charge in [0.15, 0.2) is 0 Å². The molecule has 13 aromatic carbocycles. The number of hydrogen-bond donors (Lipinski definition) is 0. The van der Waals surface area contributed by atoms with Crippen molar-refractivity contribution in [3.8, 4) is 55.9 Å². The predicted molar refractivity (Wildman–Crippen MR) is 368 cm³/mol. The van der Waals surface area contributed by atoms with Gasteiger partial charge in [-0.3, -0.25) is 0 Å². The van der Waals surface area contributed by atoms with Gasteiger partial charge in [-0.1, -0.05) is 157 Å². The van der Waals surface area contributed by atoms with E-state index in [1.54, 1.807) is 0 Å². The number of rotatable bonds is 7. The fourth-order valence-electron chi connectivity index (χ4n) is 14.0. The van der Waals surface area contributed by atoms with E-state index in [4.69, 9.17) is 0 Å². The summed E-state index contributed by atoms with van der Waals surface area (Å²) in [5.41, 5.74) is 25.0. The Morgan fingerprint density at radius 1 is 0.230 bits per heavy atom. The monoisotopic (exact) mass is 1150 g/mol. The third-order valence-corrected chi connectivity index (χ3v) is 20.4. The Labute approximate surface area is 512 Å². The van der Waals surface area contributed by atoms with Crippen molar-refractivity contribution in [1.82, 2.24) is 13.7 Å². The molecule has 5 nitrogen and oxygen atoms in total. The number of fused-ring (bicyclic) bond motifs is 13. The molecule has 7 heteroatoms. The van der Waals surface area contributed by atoms with E-state index in [1.807, 2.05) is 23.5 Å². The van der Waals surface area contributed by atoms with Crippen molar-refractivity contribution >= 4 is 117 Å². The highest BCUT2D eigenvalue weighted by Gasteiger charge is 2.27. The van der Waals surface area contributed by atoms with Crippen LogP contribution in [0.2, 0.25) is 0 Å². The first-order chi connectivity index (χ1) is 42.9. The third-order valence-electron chi connectivity index (χ3n) is 18.2. The van der Waals surface area contributed by atoms with Crippen molar-refractivity contribution < 1.29 is 0 Å². The number of nitrogens with zero attached hydrogens (tertiary/aromatic N) is 5. The molecule has 16 aromatic rings. The summed E-state index contributed by atoms with van der Waals surface area (Å²) in [5.74, 6) is 0. The summed E-state index contributed by atoms with van der Waals surface area (Å²) in [6, 6.07) is 106.